The van der Waals surface area contributed by atoms with E-state index in [-0.39, 0.29) is 12.4 Å². The number of nitrogens with zero attached hydrogens (tertiary/aromatic N) is 2. The van der Waals surface area contributed by atoms with E-state index in [0.717, 1.165) is 30.3 Å². The van der Waals surface area contributed by atoms with E-state index >= 15 is 0 Å². The standard InChI is InChI=1S/C15H19F2N3.ClH/c1-3-4-20-10-13(11(2)19-20)9-18-8-12-5-14(16)7-15(17)6-12;/h5-7,10,18H,3-4,8-9H2,1-2H3;1H. The molecule has 0 bridgehead atoms. The molecule has 2 aromatic rings. The molecule has 0 atom stereocenters. The summed E-state index contributed by atoms with van der Waals surface area (Å²) in [6.45, 7) is 6.02. The molecule has 0 radical (unpaired) electrons. The molecule has 3 nitrogen and oxygen atoms in total. The molecule has 1 aromatic heterocycles. The van der Waals surface area contributed by atoms with Gasteiger partial charge in [-0.3, -0.25) is 4.68 Å². The van der Waals surface area contributed by atoms with Crippen LogP contribution in [-0.2, 0) is 19.6 Å². The van der Waals surface area contributed by atoms with Crippen molar-refractivity contribution in [3.05, 3.63) is 52.9 Å². The molecule has 0 amide bonds. The Bertz CT molecular complexity index is 564. The molecule has 0 spiro atoms. The zero-order valence-corrected chi connectivity index (χ0v) is 13.0. The van der Waals surface area contributed by atoms with E-state index in [9.17, 15) is 8.78 Å². The van der Waals surface area contributed by atoms with E-state index in [0.29, 0.717) is 18.7 Å². The van der Waals surface area contributed by atoms with Gasteiger partial charge >= 0.3 is 0 Å². The second-order valence-electron chi connectivity index (χ2n) is 4.88. The Morgan fingerprint density at radius 1 is 1.14 bits per heavy atom. The summed E-state index contributed by atoms with van der Waals surface area (Å²) in [5.41, 5.74) is 2.69. The van der Waals surface area contributed by atoms with Crippen LogP contribution in [-0.4, -0.2) is 9.78 Å². The van der Waals surface area contributed by atoms with Crippen LogP contribution < -0.4 is 5.32 Å². The van der Waals surface area contributed by atoms with E-state index in [1.807, 2.05) is 17.8 Å². The van der Waals surface area contributed by atoms with Crippen LogP contribution in [0.15, 0.2) is 24.4 Å². The summed E-state index contributed by atoms with van der Waals surface area (Å²) in [6.07, 6.45) is 3.05. The van der Waals surface area contributed by atoms with Crippen molar-refractivity contribution in [2.45, 2.75) is 39.9 Å². The average molecular weight is 316 g/mol. The maximum Gasteiger partial charge on any atom is 0.126 e. The summed E-state index contributed by atoms with van der Waals surface area (Å²) in [7, 11) is 0. The molecule has 116 valence electrons. The number of halogens is 3. The van der Waals surface area contributed by atoms with E-state index in [1.165, 1.54) is 12.1 Å². The number of aryl methyl sites for hydroxylation is 2. The Morgan fingerprint density at radius 3 is 2.43 bits per heavy atom. The highest BCUT2D eigenvalue weighted by Crippen LogP contribution is 2.09. The van der Waals surface area contributed by atoms with Crippen molar-refractivity contribution in [3.63, 3.8) is 0 Å². The van der Waals surface area contributed by atoms with Gasteiger partial charge in [0, 0.05) is 37.5 Å². The van der Waals surface area contributed by atoms with Crippen LogP contribution in [0.4, 0.5) is 8.78 Å². The molecule has 2 rings (SSSR count). The lowest BCUT2D eigenvalue weighted by Crippen LogP contribution is -2.13. The normalized spacial score (nSPS) is 10.5. The van der Waals surface area contributed by atoms with Gasteiger partial charge in [0.05, 0.1) is 5.69 Å². The Hall–Kier alpha value is -1.46. The van der Waals surface area contributed by atoms with Crippen molar-refractivity contribution in [1.82, 2.24) is 15.1 Å². The number of nitrogens with one attached hydrogen (secondary N) is 1. The fourth-order valence-electron chi connectivity index (χ4n) is 2.13. The Morgan fingerprint density at radius 2 is 1.81 bits per heavy atom. The van der Waals surface area contributed by atoms with Gasteiger partial charge in [-0.2, -0.15) is 5.10 Å². The fourth-order valence-corrected chi connectivity index (χ4v) is 2.13. The van der Waals surface area contributed by atoms with Crippen LogP contribution >= 0.6 is 12.4 Å². The zero-order valence-electron chi connectivity index (χ0n) is 12.2. The second-order valence-corrected chi connectivity index (χ2v) is 4.88. The summed E-state index contributed by atoms with van der Waals surface area (Å²) in [6, 6.07) is 3.55. The minimum Gasteiger partial charge on any atom is -0.308 e. The number of hydrogen-bond donors (Lipinski definition) is 1. The van der Waals surface area contributed by atoms with Gasteiger partial charge < -0.3 is 5.32 Å². The first-order chi connectivity index (χ1) is 9.58. The van der Waals surface area contributed by atoms with Crippen LogP contribution in [0.2, 0.25) is 0 Å². The number of benzene rings is 1. The summed E-state index contributed by atoms with van der Waals surface area (Å²) in [4.78, 5) is 0. The SMILES string of the molecule is CCCn1cc(CNCc2cc(F)cc(F)c2)c(C)n1.Cl. The summed E-state index contributed by atoms with van der Waals surface area (Å²) < 4.78 is 28.0. The van der Waals surface area contributed by atoms with Gasteiger partial charge in [-0.15, -0.1) is 12.4 Å². The lowest BCUT2D eigenvalue weighted by molar-refractivity contribution is 0.575. The predicted molar refractivity (Wildman–Crippen MR) is 81.4 cm³/mol. The van der Waals surface area contributed by atoms with Crippen LogP contribution in [0.5, 0.6) is 0 Å². The molecule has 0 fully saturated rings. The van der Waals surface area contributed by atoms with Gasteiger partial charge in [0.25, 0.3) is 0 Å². The van der Waals surface area contributed by atoms with Crippen LogP contribution in [0.25, 0.3) is 0 Å². The first-order valence-corrected chi connectivity index (χ1v) is 6.77. The minimum absolute atomic E-state index is 0. The topological polar surface area (TPSA) is 29.9 Å². The van der Waals surface area contributed by atoms with Crippen LogP contribution in [0, 0.1) is 18.6 Å². The molecule has 0 unspecified atom stereocenters. The summed E-state index contributed by atoms with van der Waals surface area (Å²) in [5.74, 6) is -1.09. The molecule has 1 aromatic carbocycles. The third-order valence-corrected chi connectivity index (χ3v) is 3.07. The van der Waals surface area contributed by atoms with Gasteiger partial charge in [0.2, 0.25) is 0 Å². The second kappa shape index (κ2) is 8.10. The minimum atomic E-state index is -0.547. The van der Waals surface area contributed by atoms with Crippen molar-refractivity contribution in [3.8, 4) is 0 Å². The summed E-state index contributed by atoms with van der Waals surface area (Å²) >= 11 is 0. The predicted octanol–water partition coefficient (Wildman–Crippen LogP) is 3.59. The van der Waals surface area contributed by atoms with Crippen molar-refractivity contribution in [2.75, 3.05) is 0 Å². The van der Waals surface area contributed by atoms with Gasteiger partial charge in [0.15, 0.2) is 0 Å². The Labute approximate surface area is 129 Å². The van der Waals surface area contributed by atoms with Gasteiger partial charge in [-0.25, -0.2) is 8.78 Å². The Balaban J connectivity index is 0.00000220. The number of hydrogen-bond acceptors (Lipinski definition) is 2. The molecule has 21 heavy (non-hydrogen) atoms. The molecule has 0 aliphatic rings. The highest BCUT2D eigenvalue weighted by Gasteiger charge is 2.05. The van der Waals surface area contributed by atoms with E-state index in [4.69, 9.17) is 0 Å². The molecule has 6 heteroatoms. The highest BCUT2D eigenvalue weighted by atomic mass is 35.5. The lowest BCUT2D eigenvalue weighted by atomic mass is 10.2. The molecule has 0 aliphatic heterocycles. The fraction of sp³-hybridized carbons (Fsp3) is 0.400. The molecular formula is C15H20ClF2N3. The molecule has 1 heterocycles. The third-order valence-electron chi connectivity index (χ3n) is 3.07. The van der Waals surface area contributed by atoms with Crippen molar-refractivity contribution < 1.29 is 8.78 Å². The van der Waals surface area contributed by atoms with Gasteiger partial charge in [-0.1, -0.05) is 6.92 Å². The average Bonchev–Trinajstić information content (AvgIpc) is 2.69. The molecule has 0 saturated carbocycles. The van der Waals surface area contributed by atoms with Crippen molar-refractivity contribution in [2.24, 2.45) is 0 Å². The first kappa shape index (κ1) is 17.6. The van der Waals surface area contributed by atoms with Crippen molar-refractivity contribution >= 4 is 12.4 Å². The van der Waals surface area contributed by atoms with Crippen molar-refractivity contribution in [1.29, 1.82) is 0 Å². The number of aromatic nitrogens is 2. The van der Waals surface area contributed by atoms with Gasteiger partial charge in [0.1, 0.15) is 11.6 Å². The monoisotopic (exact) mass is 315 g/mol. The quantitative estimate of drug-likeness (QED) is 0.883. The van der Waals surface area contributed by atoms with Gasteiger partial charge in [-0.05, 0) is 31.0 Å². The molecule has 1 N–H and O–H groups in total. The molecular weight excluding hydrogens is 296 g/mol. The zero-order chi connectivity index (χ0) is 14.5. The number of rotatable bonds is 6. The van der Waals surface area contributed by atoms with Crippen LogP contribution in [0.3, 0.4) is 0 Å². The maximum atomic E-state index is 13.0. The maximum absolute atomic E-state index is 13.0. The third kappa shape index (κ3) is 5.10. The smallest absolute Gasteiger partial charge is 0.126 e. The summed E-state index contributed by atoms with van der Waals surface area (Å²) in [5, 5.41) is 7.59. The molecule has 0 aliphatic carbocycles. The largest absolute Gasteiger partial charge is 0.308 e. The van der Waals surface area contributed by atoms with E-state index in [2.05, 4.69) is 17.3 Å². The van der Waals surface area contributed by atoms with E-state index < -0.39 is 11.6 Å². The first-order valence-electron chi connectivity index (χ1n) is 6.77. The van der Waals surface area contributed by atoms with Crippen LogP contribution in [0.1, 0.15) is 30.2 Å². The van der Waals surface area contributed by atoms with E-state index in [1.54, 1.807) is 0 Å². The lowest BCUT2D eigenvalue weighted by Gasteiger charge is -2.04. The highest BCUT2D eigenvalue weighted by molar-refractivity contribution is 5.85. The Kier molecular flexibility index (Phi) is 6.78. The molecule has 0 saturated heterocycles.